The molecule has 6 rings (SSSR count). The summed E-state index contributed by atoms with van der Waals surface area (Å²) in [6.45, 7) is -2.31. The van der Waals surface area contributed by atoms with E-state index in [2.05, 4.69) is 9.97 Å². The average Bonchev–Trinajstić information content (AvgIpc) is 3.27. The Bertz CT molecular complexity index is 1440. The molecule has 2 aliphatic carbocycles. The number of hydrogen-bond acceptors (Lipinski definition) is 3. The second-order valence-corrected chi connectivity index (χ2v) is 9.74. The zero-order chi connectivity index (χ0) is 25.8. The van der Waals surface area contributed by atoms with E-state index >= 15 is 0 Å². The first-order valence-electron chi connectivity index (χ1n) is 14.5. The van der Waals surface area contributed by atoms with Crippen LogP contribution in [0.5, 0.6) is 0 Å². The van der Waals surface area contributed by atoms with E-state index < -0.39 is 13.2 Å². The lowest BCUT2D eigenvalue weighted by Gasteiger charge is -2.43. The fourth-order valence-corrected chi connectivity index (χ4v) is 5.96. The predicted octanol–water partition coefficient (Wildman–Crippen LogP) is 8.03. The second-order valence-electron chi connectivity index (χ2n) is 9.74. The number of benzene rings is 1. The van der Waals surface area contributed by atoms with Crippen molar-refractivity contribution in [1.82, 2.24) is 9.97 Å². The lowest BCUT2D eigenvalue weighted by Crippen LogP contribution is -2.30. The number of para-hydroxylation sites is 1. The molecule has 2 saturated carbocycles. The number of fused-ring (bicyclic) bond motifs is 3. The van der Waals surface area contributed by atoms with Gasteiger partial charge in [-0.3, -0.25) is 4.98 Å². The van der Waals surface area contributed by atoms with Gasteiger partial charge in [0, 0.05) is 35.1 Å². The number of rotatable bonds is 3. The molecule has 3 heterocycles. The van der Waals surface area contributed by atoms with Crippen molar-refractivity contribution in [3.05, 3.63) is 59.9 Å². The molecule has 1 aromatic carbocycles. The summed E-state index contributed by atoms with van der Waals surface area (Å²) in [6, 6.07) is 12.7. The molecule has 0 N–H and O–H groups in total. The van der Waals surface area contributed by atoms with Crippen LogP contribution in [0.4, 0.5) is 0 Å². The van der Waals surface area contributed by atoms with Gasteiger partial charge in [-0.05, 0) is 99.0 Å². The number of nitrogens with zero attached hydrogens (tertiary/aromatic N) is 2. The molecule has 32 heavy (non-hydrogen) atoms. The van der Waals surface area contributed by atoms with Crippen LogP contribution in [0.3, 0.4) is 0 Å². The smallest absolute Gasteiger partial charge is 0.227 e. The number of aromatic nitrogens is 2. The van der Waals surface area contributed by atoms with Gasteiger partial charge in [-0.1, -0.05) is 31.4 Å². The van der Waals surface area contributed by atoms with Crippen LogP contribution in [0.15, 0.2) is 53.1 Å². The van der Waals surface area contributed by atoms with E-state index in [4.69, 9.17) is 11.3 Å². The Kier molecular flexibility index (Phi) is 3.81. The summed E-state index contributed by atoms with van der Waals surface area (Å²) in [7, 11) is 0. The molecule has 0 aliphatic heterocycles. The molecule has 3 aromatic heterocycles. The Hall–Kier alpha value is -2.68. The van der Waals surface area contributed by atoms with E-state index in [0.717, 1.165) is 42.0 Å². The van der Waals surface area contributed by atoms with Crippen LogP contribution in [-0.2, 0) is 6.37 Å². The summed E-state index contributed by atoms with van der Waals surface area (Å²) in [6.07, 6.45) is 11.0. The van der Waals surface area contributed by atoms with Gasteiger partial charge in [-0.25, -0.2) is 4.98 Å². The van der Waals surface area contributed by atoms with Crippen molar-refractivity contribution >= 4 is 22.1 Å². The highest BCUT2D eigenvalue weighted by atomic mass is 16.3. The normalized spacial score (nSPS) is 22.3. The van der Waals surface area contributed by atoms with Crippen LogP contribution in [0.25, 0.3) is 33.3 Å². The van der Waals surface area contributed by atoms with Crippen LogP contribution in [-0.4, -0.2) is 9.97 Å². The third kappa shape index (κ3) is 3.62. The summed E-state index contributed by atoms with van der Waals surface area (Å²) in [5, 5.41) is 1.58. The molecule has 0 unspecified atom stereocenters. The van der Waals surface area contributed by atoms with Crippen molar-refractivity contribution < 1.29 is 11.3 Å². The van der Waals surface area contributed by atoms with Gasteiger partial charge in [-0.2, -0.15) is 0 Å². The maximum atomic E-state index is 9.11. The number of aryl methyl sites for hydroxylation is 1. The summed E-state index contributed by atoms with van der Waals surface area (Å²) in [4.78, 5) is 8.84. The highest BCUT2D eigenvalue weighted by molar-refractivity contribution is 6.08. The van der Waals surface area contributed by atoms with Crippen LogP contribution in [0.1, 0.15) is 75.9 Å². The van der Waals surface area contributed by atoms with Crippen LogP contribution in [0.2, 0.25) is 0 Å². The number of pyridine rings is 2. The molecule has 0 atom stereocenters. The van der Waals surface area contributed by atoms with Gasteiger partial charge in [0.2, 0.25) is 5.71 Å². The Labute approximate surface area is 197 Å². The molecule has 0 saturated heterocycles. The third-order valence-electron chi connectivity index (χ3n) is 7.73. The van der Waals surface area contributed by atoms with Crippen LogP contribution in [0, 0.1) is 18.2 Å². The van der Waals surface area contributed by atoms with Crippen molar-refractivity contribution in [2.75, 3.05) is 0 Å². The molecule has 164 valence electrons. The minimum atomic E-state index is -2.31. The van der Waals surface area contributed by atoms with Crippen LogP contribution < -0.4 is 0 Å². The monoisotopic (exact) mass is 429 g/mol. The van der Waals surface area contributed by atoms with Crippen molar-refractivity contribution in [2.45, 2.75) is 71.0 Å². The van der Waals surface area contributed by atoms with Gasteiger partial charge >= 0.3 is 0 Å². The maximum absolute atomic E-state index is 9.11. The maximum Gasteiger partial charge on any atom is 0.227 e. The first-order chi connectivity index (χ1) is 17.7. The lowest BCUT2D eigenvalue weighted by molar-refractivity contribution is 0.0970. The van der Waals surface area contributed by atoms with Gasteiger partial charge in [0.05, 0.1) is 5.69 Å². The molecule has 0 amide bonds. The quantitative estimate of drug-likeness (QED) is 0.331. The minimum absolute atomic E-state index is 0.000186. The first kappa shape index (κ1) is 15.2. The van der Waals surface area contributed by atoms with Gasteiger partial charge in [-0.15, -0.1) is 0 Å². The number of furan rings is 1. The van der Waals surface area contributed by atoms with E-state index in [1.54, 1.807) is 18.3 Å². The van der Waals surface area contributed by atoms with E-state index in [9.17, 15) is 0 Å². The molecular formula is C29H32N2O. The highest BCUT2D eigenvalue weighted by Gasteiger charge is 2.36. The SMILES string of the molecule is [2H]C([2H])([2H])c1ccc2c(n1)oc1c(-c3cc(C([2H])([2H])C4CCC5(CCCCC5)CC4)ccn3)cccc12. The van der Waals surface area contributed by atoms with Crippen molar-refractivity contribution in [3.63, 3.8) is 0 Å². The molecule has 0 radical (unpaired) electrons. The van der Waals surface area contributed by atoms with E-state index in [1.165, 1.54) is 38.2 Å². The zero-order valence-corrected chi connectivity index (χ0v) is 18.4. The Morgan fingerprint density at radius 2 is 1.91 bits per heavy atom. The van der Waals surface area contributed by atoms with Gasteiger partial charge < -0.3 is 4.42 Å². The van der Waals surface area contributed by atoms with E-state index in [0.29, 0.717) is 22.3 Å². The van der Waals surface area contributed by atoms with Crippen molar-refractivity contribution in [2.24, 2.45) is 11.3 Å². The van der Waals surface area contributed by atoms with Crippen molar-refractivity contribution in [1.29, 1.82) is 0 Å². The molecule has 2 aliphatic rings. The zero-order valence-electron chi connectivity index (χ0n) is 23.4. The van der Waals surface area contributed by atoms with E-state index in [1.807, 2.05) is 24.3 Å². The summed E-state index contributed by atoms with van der Waals surface area (Å²) >= 11 is 0. The second kappa shape index (κ2) is 8.03. The topological polar surface area (TPSA) is 38.9 Å². The third-order valence-corrected chi connectivity index (χ3v) is 7.73. The fraction of sp³-hybridized carbons (Fsp3) is 0.448. The predicted molar refractivity (Wildman–Crippen MR) is 131 cm³/mol. The lowest BCUT2D eigenvalue weighted by atomic mass is 9.63. The van der Waals surface area contributed by atoms with E-state index in [-0.39, 0.29) is 17.3 Å². The van der Waals surface area contributed by atoms with Gasteiger partial charge in [0.15, 0.2) is 0 Å². The summed E-state index contributed by atoms with van der Waals surface area (Å²) in [5.41, 5.74) is 3.35. The molecule has 2 fully saturated rings. The Morgan fingerprint density at radius 3 is 2.75 bits per heavy atom. The molecule has 3 nitrogen and oxygen atoms in total. The molecule has 4 aromatic rings. The van der Waals surface area contributed by atoms with Gasteiger partial charge in [0.25, 0.3) is 0 Å². The fourth-order valence-electron chi connectivity index (χ4n) is 5.96. The highest BCUT2D eigenvalue weighted by Crippen LogP contribution is 2.49. The first-order valence-corrected chi connectivity index (χ1v) is 12.0. The van der Waals surface area contributed by atoms with Gasteiger partial charge in [0.1, 0.15) is 5.58 Å². The summed E-state index contributed by atoms with van der Waals surface area (Å²) in [5.74, 6) is -0.000186. The molecule has 0 bridgehead atoms. The standard InChI is InChI=1S/C29H32N2O/c1-20-8-9-24-23-6-5-7-25(27(23)32-28(24)31-20)26-19-22(12-17-30-26)18-21-10-15-29(16-11-21)13-3-2-4-14-29/h5-9,12,17,19,21H,2-4,10-11,13-16,18H2,1H3/i1D3,18D2. The summed E-state index contributed by atoms with van der Waals surface area (Å²) < 4.78 is 47.3. The van der Waals surface area contributed by atoms with Crippen molar-refractivity contribution in [3.8, 4) is 11.3 Å². The average molecular weight is 430 g/mol. The molecular weight excluding hydrogens is 392 g/mol. The Morgan fingerprint density at radius 1 is 1.03 bits per heavy atom. The number of hydrogen-bond donors (Lipinski definition) is 0. The molecule has 1 spiro atoms. The Balaban J connectivity index is 1.33. The minimum Gasteiger partial charge on any atom is -0.437 e. The van der Waals surface area contributed by atoms with Crippen LogP contribution >= 0.6 is 0 Å². The molecule has 3 heteroatoms. The largest absolute Gasteiger partial charge is 0.437 e.